The highest BCUT2D eigenvalue weighted by molar-refractivity contribution is 6.29. The number of anilines is 1. The van der Waals surface area contributed by atoms with Crippen LogP contribution in [0.15, 0.2) is 24.9 Å². The second kappa shape index (κ2) is 5.34. The molecule has 0 saturated carbocycles. The maximum absolute atomic E-state index is 11.2. The fourth-order valence-corrected chi connectivity index (χ4v) is 0.954. The van der Waals surface area contributed by atoms with E-state index < -0.39 is 0 Å². The lowest BCUT2D eigenvalue weighted by molar-refractivity contribution is -0.116. The van der Waals surface area contributed by atoms with Crippen LogP contribution in [0.1, 0.15) is 12.8 Å². The number of hydrogen-bond donors (Lipinski definition) is 1. The van der Waals surface area contributed by atoms with Gasteiger partial charge in [0, 0.05) is 12.6 Å². The summed E-state index contributed by atoms with van der Waals surface area (Å²) in [6.45, 7) is 3.52. The smallest absolute Gasteiger partial charge is 0.230 e. The van der Waals surface area contributed by atoms with Crippen LogP contribution in [0.25, 0.3) is 0 Å². The molecule has 1 amide bonds. The fourth-order valence-electron chi connectivity index (χ4n) is 0.817. The topological polar surface area (TPSA) is 54.9 Å². The van der Waals surface area contributed by atoms with Gasteiger partial charge in [-0.2, -0.15) is 0 Å². The molecule has 1 aromatic rings. The van der Waals surface area contributed by atoms with E-state index in [2.05, 4.69) is 21.9 Å². The Kier molecular flexibility index (Phi) is 4.07. The van der Waals surface area contributed by atoms with Gasteiger partial charge >= 0.3 is 0 Å². The highest BCUT2D eigenvalue weighted by Crippen LogP contribution is 2.06. The molecule has 0 bridgehead atoms. The predicted molar refractivity (Wildman–Crippen MR) is 55.1 cm³/mol. The van der Waals surface area contributed by atoms with Gasteiger partial charge in [0.2, 0.25) is 11.9 Å². The molecular weight excluding hydrogens is 202 g/mol. The Balaban J connectivity index is 2.51. The number of nitrogens with one attached hydrogen (secondary N) is 1. The van der Waals surface area contributed by atoms with Crippen LogP contribution in [-0.2, 0) is 4.79 Å². The van der Waals surface area contributed by atoms with Gasteiger partial charge in [-0.3, -0.25) is 10.1 Å². The second-order valence-electron chi connectivity index (χ2n) is 2.58. The monoisotopic (exact) mass is 211 g/mol. The first-order chi connectivity index (χ1) is 6.72. The van der Waals surface area contributed by atoms with Crippen molar-refractivity contribution in [3.05, 3.63) is 30.1 Å². The summed E-state index contributed by atoms with van der Waals surface area (Å²) in [6, 6.07) is 1.54. The van der Waals surface area contributed by atoms with Gasteiger partial charge in [0.05, 0.1) is 0 Å². The lowest BCUT2D eigenvalue weighted by Gasteiger charge is -2.01. The molecule has 5 heteroatoms. The molecule has 1 N–H and O–H groups in total. The van der Waals surface area contributed by atoms with E-state index in [-0.39, 0.29) is 11.9 Å². The number of aromatic nitrogens is 2. The van der Waals surface area contributed by atoms with Crippen molar-refractivity contribution in [1.29, 1.82) is 0 Å². The van der Waals surface area contributed by atoms with E-state index in [9.17, 15) is 4.79 Å². The maximum Gasteiger partial charge on any atom is 0.230 e. The molecule has 1 heterocycles. The number of carbonyl (C=O) groups excluding carboxylic acids is 1. The van der Waals surface area contributed by atoms with Gasteiger partial charge in [-0.05, 0) is 12.5 Å². The number of halogens is 1. The van der Waals surface area contributed by atoms with E-state index >= 15 is 0 Å². The van der Waals surface area contributed by atoms with E-state index in [4.69, 9.17) is 11.6 Å². The molecule has 1 aromatic heterocycles. The highest BCUT2D eigenvalue weighted by atomic mass is 35.5. The molecule has 1 rings (SSSR count). The number of allylic oxidation sites excluding steroid dienone is 1. The van der Waals surface area contributed by atoms with Gasteiger partial charge in [-0.15, -0.1) is 6.58 Å². The maximum atomic E-state index is 11.2. The molecule has 0 radical (unpaired) electrons. The summed E-state index contributed by atoms with van der Waals surface area (Å²) in [5.74, 6) is 0.0822. The van der Waals surface area contributed by atoms with Crippen LogP contribution in [0.3, 0.4) is 0 Å². The lowest BCUT2D eigenvalue weighted by Crippen LogP contribution is -2.13. The Bertz CT molecular complexity index is 341. The summed E-state index contributed by atoms with van der Waals surface area (Å²) >= 11 is 5.61. The van der Waals surface area contributed by atoms with Crippen molar-refractivity contribution < 1.29 is 4.79 Å². The van der Waals surface area contributed by atoms with Crippen molar-refractivity contribution in [3.63, 3.8) is 0 Å². The van der Waals surface area contributed by atoms with Crippen molar-refractivity contribution >= 4 is 23.5 Å². The Morgan fingerprint density at radius 3 is 3.14 bits per heavy atom. The first-order valence-corrected chi connectivity index (χ1v) is 4.49. The average molecular weight is 212 g/mol. The molecular formula is C9H10ClN3O. The third kappa shape index (κ3) is 3.53. The fraction of sp³-hybridized carbons (Fsp3) is 0.222. The number of rotatable bonds is 4. The first kappa shape index (κ1) is 10.7. The molecule has 0 aliphatic carbocycles. The van der Waals surface area contributed by atoms with Crippen LogP contribution in [0.4, 0.5) is 5.95 Å². The molecule has 0 saturated heterocycles. The van der Waals surface area contributed by atoms with E-state index in [0.717, 1.165) is 0 Å². The minimum absolute atomic E-state index is 0.146. The number of amides is 1. The minimum Gasteiger partial charge on any atom is -0.294 e. The van der Waals surface area contributed by atoms with Crippen molar-refractivity contribution in [3.8, 4) is 0 Å². The molecule has 14 heavy (non-hydrogen) atoms. The van der Waals surface area contributed by atoms with E-state index in [1.807, 2.05) is 0 Å². The largest absolute Gasteiger partial charge is 0.294 e. The summed E-state index contributed by atoms with van der Waals surface area (Å²) in [6.07, 6.45) is 4.17. The molecule has 0 aromatic carbocycles. The molecule has 4 nitrogen and oxygen atoms in total. The van der Waals surface area contributed by atoms with E-state index in [1.54, 1.807) is 12.1 Å². The normalized spacial score (nSPS) is 9.50. The van der Waals surface area contributed by atoms with Gasteiger partial charge in [-0.25, -0.2) is 9.97 Å². The average Bonchev–Trinajstić information content (AvgIpc) is 2.15. The standard InChI is InChI=1S/C9H10ClN3O/c1-2-3-4-8(14)13-9-11-6-5-7(10)12-9/h2,5-6H,1,3-4H2,(H,11,12,13,14). The van der Waals surface area contributed by atoms with Crippen molar-refractivity contribution in [2.45, 2.75) is 12.8 Å². The molecule has 0 atom stereocenters. The molecule has 0 aliphatic heterocycles. The summed E-state index contributed by atoms with van der Waals surface area (Å²) in [7, 11) is 0. The zero-order valence-electron chi connectivity index (χ0n) is 7.53. The Labute approximate surface area is 87.0 Å². The highest BCUT2D eigenvalue weighted by Gasteiger charge is 2.02. The van der Waals surface area contributed by atoms with Crippen molar-refractivity contribution in [2.75, 3.05) is 5.32 Å². The van der Waals surface area contributed by atoms with Crippen LogP contribution in [0, 0.1) is 0 Å². The Hall–Kier alpha value is -1.42. The van der Waals surface area contributed by atoms with E-state index in [1.165, 1.54) is 6.20 Å². The zero-order valence-corrected chi connectivity index (χ0v) is 8.29. The Morgan fingerprint density at radius 2 is 2.50 bits per heavy atom. The molecule has 0 spiro atoms. The van der Waals surface area contributed by atoms with Gasteiger partial charge in [0.25, 0.3) is 0 Å². The van der Waals surface area contributed by atoms with Crippen LogP contribution in [-0.4, -0.2) is 15.9 Å². The minimum atomic E-state index is -0.146. The van der Waals surface area contributed by atoms with Crippen LogP contribution >= 0.6 is 11.6 Å². The molecule has 0 aliphatic rings. The van der Waals surface area contributed by atoms with Gasteiger partial charge in [0.1, 0.15) is 5.15 Å². The number of nitrogens with zero attached hydrogens (tertiary/aromatic N) is 2. The third-order valence-corrected chi connectivity index (χ3v) is 1.66. The van der Waals surface area contributed by atoms with Crippen molar-refractivity contribution in [1.82, 2.24) is 9.97 Å². The first-order valence-electron chi connectivity index (χ1n) is 4.11. The van der Waals surface area contributed by atoms with Crippen LogP contribution in [0.5, 0.6) is 0 Å². The third-order valence-electron chi connectivity index (χ3n) is 1.45. The van der Waals surface area contributed by atoms with Crippen molar-refractivity contribution in [2.24, 2.45) is 0 Å². The predicted octanol–water partition coefficient (Wildman–Crippen LogP) is 2.03. The second-order valence-corrected chi connectivity index (χ2v) is 2.97. The van der Waals surface area contributed by atoms with Gasteiger partial charge in [0.15, 0.2) is 0 Å². The molecule has 0 fully saturated rings. The number of hydrogen-bond acceptors (Lipinski definition) is 3. The summed E-state index contributed by atoms with van der Waals surface area (Å²) in [5, 5.41) is 2.83. The van der Waals surface area contributed by atoms with E-state index in [0.29, 0.717) is 18.0 Å². The Morgan fingerprint density at radius 1 is 1.71 bits per heavy atom. The molecule has 74 valence electrons. The number of carbonyl (C=O) groups is 1. The SMILES string of the molecule is C=CCCC(=O)Nc1nccc(Cl)n1. The summed E-state index contributed by atoms with van der Waals surface area (Å²) in [4.78, 5) is 18.9. The quantitative estimate of drug-likeness (QED) is 0.613. The van der Waals surface area contributed by atoms with Crippen LogP contribution < -0.4 is 5.32 Å². The lowest BCUT2D eigenvalue weighted by atomic mass is 10.3. The summed E-state index contributed by atoms with van der Waals surface area (Å²) < 4.78 is 0. The zero-order chi connectivity index (χ0) is 10.4. The summed E-state index contributed by atoms with van der Waals surface area (Å²) in [5.41, 5.74) is 0. The van der Waals surface area contributed by atoms with Crippen LogP contribution in [0.2, 0.25) is 5.15 Å². The van der Waals surface area contributed by atoms with Gasteiger partial charge < -0.3 is 0 Å². The molecule has 0 unspecified atom stereocenters. The van der Waals surface area contributed by atoms with Gasteiger partial charge in [-0.1, -0.05) is 17.7 Å².